The fourth-order valence-electron chi connectivity index (χ4n) is 3.17. The minimum atomic E-state index is 0.529. The highest BCUT2D eigenvalue weighted by molar-refractivity contribution is 5.79. The lowest BCUT2D eigenvalue weighted by molar-refractivity contribution is 0.795. The summed E-state index contributed by atoms with van der Waals surface area (Å²) in [6.07, 6.45) is 3.44. The molecule has 3 heterocycles. The number of pyridine rings is 1. The van der Waals surface area contributed by atoms with E-state index in [0.29, 0.717) is 5.92 Å². The van der Waals surface area contributed by atoms with E-state index in [-0.39, 0.29) is 0 Å². The molecule has 26 heavy (non-hydrogen) atoms. The van der Waals surface area contributed by atoms with Crippen molar-refractivity contribution in [2.45, 2.75) is 46.5 Å². The Kier molecular flexibility index (Phi) is 4.15. The van der Waals surface area contributed by atoms with E-state index in [1.807, 2.05) is 24.6 Å². The number of benzene rings is 1. The first-order valence-electron chi connectivity index (χ1n) is 9.08. The van der Waals surface area contributed by atoms with Crippen molar-refractivity contribution < 1.29 is 0 Å². The van der Waals surface area contributed by atoms with Gasteiger partial charge >= 0.3 is 0 Å². The average Bonchev–Trinajstić information content (AvgIpc) is 3.08. The lowest BCUT2D eigenvalue weighted by atomic mass is 10.0. The number of aryl methyl sites for hydroxylation is 4. The minimum absolute atomic E-state index is 0.529. The molecule has 0 N–H and O–H groups in total. The predicted molar refractivity (Wildman–Crippen MR) is 103 cm³/mol. The van der Waals surface area contributed by atoms with E-state index in [1.54, 1.807) is 0 Å². The lowest BCUT2D eigenvalue weighted by Gasteiger charge is -2.07. The van der Waals surface area contributed by atoms with Crippen molar-refractivity contribution in [3.8, 4) is 0 Å². The van der Waals surface area contributed by atoms with Gasteiger partial charge in [0, 0.05) is 29.3 Å². The first-order valence-corrected chi connectivity index (χ1v) is 9.08. The van der Waals surface area contributed by atoms with E-state index < -0.39 is 0 Å². The highest BCUT2D eigenvalue weighted by atomic mass is 15.3. The molecule has 0 amide bonds. The highest BCUT2D eigenvalue weighted by Gasteiger charge is 2.10. The molecule has 0 unspecified atom stereocenters. The summed E-state index contributed by atoms with van der Waals surface area (Å²) in [7, 11) is 0. The Bertz CT molecular complexity index is 1060. The minimum Gasteiger partial charge on any atom is -0.253 e. The SMILES string of the molecule is Cc1cnc(C)n2nc(CCc3ccc4cc(C(C)C)ccc4n3)nc12. The van der Waals surface area contributed by atoms with Gasteiger partial charge in [-0.15, -0.1) is 5.10 Å². The monoisotopic (exact) mass is 345 g/mol. The van der Waals surface area contributed by atoms with Gasteiger partial charge in [0.25, 0.3) is 0 Å². The summed E-state index contributed by atoms with van der Waals surface area (Å²) < 4.78 is 1.83. The number of hydrogen-bond acceptors (Lipinski definition) is 4. The van der Waals surface area contributed by atoms with Crippen LogP contribution in [0.2, 0.25) is 0 Å². The molecule has 0 spiro atoms. The van der Waals surface area contributed by atoms with E-state index in [0.717, 1.165) is 46.9 Å². The summed E-state index contributed by atoms with van der Waals surface area (Å²) in [6.45, 7) is 8.38. The van der Waals surface area contributed by atoms with Crippen molar-refractivity contribution in [3.63, 3.8) is 0 Å². The summed E-state index contributed by atoms with van der Waals surface area (Å²) in [4.78, 5) is 13.8. The van der Waals surface area contributed by atoms with Crippen LogP contribution in [-0.2, 0) is 12.8 Å². The molecule has 0 saturated heterocycles. The second-order valence-electron chi connectivity index (χ2n) is 7.16. The standard InChI is InChI=1S/C21H23N5/c1-13(2)16-6-9-19-17(11-16)5-7-18(23-19)8-10-20-24-21-14(3)12-22-15(4)26(21)25-20/h5-7,9,11-13H,8,10H2,1-4H3. The van der Waals surface area contributed by atoms with Gasteiger partial charge in [0.15, 0.2) is 11.5 Å². The van der Waals surface area contributed by atoms with Gasteiger partial charge in [-0.25, -0.2) is 9.97 Å². The van der Waals surface area contributed by atoms with Crippen LogP contribution in [-0.4, -0.2) is 24.6 Å². The molecular formula is C21H23N5. The Balaban J connectivity index is 1.57. The van der Waals surface area contributed by atoms with Gasteiger partial charge in [0.2, 0.25) is 0 Å². The molecule has 4 aromatic rings. The van der Waals surface area contributed by atoms with E-state index in [4.69, 9.17) is 4.98 Å². The highest BCUT2D eigenvalue weighted by Crippen LogP contribution is 2.21. The second-order valence-corrected chi connectivity index (χ2v) is 7.16. The molecule has 4 rings (SSSR count). The van der Waals surface area contributed by atoms with Crippen LogP contribution in [0.15, 0.2) is 36.5 Å². The number of rotatable bonds is 4. The maximum absolute atomic E-state index is 4.81. The molecule has 0 aliphatic carbocycles. The van der Waals surface area contributed by atoms with Crippen molar-refractivity contribution in [2.75, 3.05) is 0 Å². The molecular weight excluding hydrogens is 322 g/mol. The average molecular weight is 345 g/mol. The summed E-state index contributed by atoms with van der Waals surface area (Å²) in [5, 5.41) is 5.79. The van der Waals surface area contributed by atoms with E-state index in [2.05, 4.69) is 59.2 Å². The van der Waals surface area contributed by atoms with Crippen molar-refractivity contribution in [3.05, 3.63) is 65.0 Å². The third-order valence-corrected chi connectivity index (χ3v) is 4.80. The van der Waals surface area contributed by atoms with Crippen molar-refractivity contribution in [1.82, 2.24) is 24.6 Å². The Morgan fingerprint density at radius 1 is 1.00 bits per heavy atom. The molecule has 5 nitrogen and oxygen atoms in total. The summed E-state index contributed by atoms with van der Waals surface area (Å²) in [5.41, 5.74) is 5.39. The van der Waals surface area contributed by atoms with E-state index in [1.165, 1.54) is 10.9 Å². The van der Waals surface area contributed by atoms with Crippen molar-refractivity contribution in [1.29, 1.82) is 0 Å². The summed E-state index contributed by atoms with van der Waals surface area (Å²) >= 11 is 0. The molecule has 132 valence electrons. The topological polar surface area (TPSA) is 56.0 Å². The summed E-state index contributed by atoms with van der Waals surface area (Å²) in [5.74, 6) is 2.22. The maximum Gasteiger partial charge on any atom is 0.162 e. The van der Waals surface area contributed by atoms with Crippen LogP contribution >= 0.6 is 0 Å². The Morgan fingerprint density at radius 2 is 1.85 bits per heavy atom. The van der Waals surface area contributed by atoms with Crippen LogP contribution in [0.5, 0.6) is 0 Å². The van der Waals surface area contributed by atoms with Gasteiger partial charge in [-0.3, -0.25) is 4.98 Å². The lowest BCUT2D eigenvalue weighted by Crippen LogP contribution is -1.99. The third-order valence-electron chi connectivity index (χ3n) is 4.80. The second kappa shape index (κ2) is 6.48. The number of nitrogens with zero attached hydrogens (tertiary/aromatic N) is 5. The van der Waals surface area contributed by atoms with Gasteiger partial charge in [-0.1, -0.05) is 26.0 Å². The van der Waals surface area contributed by atoms with E-state index >= 15 is 0 Å². The molecule has 0 atom stereocenters. The molecule has 0 bridgehead atoms. The molecule has 3 aromatic heterocycles. The van der Waals surface area contributed by atoms with Crippen LogP contribution in [0.1, 0.15) is 48.2 Å². The molecule has 1 aromatic carbocycles. The van der Waals surface area contributed by atoms with Gasteiger partial charge in [0.1, 0.15) is 5.82 Å². The molecule has 5 heteroatoms. The summed E-state index contributed by atoms with van der Waals surface area (Å²) in [6, 6.07) is 10.8. The fraction of sp³-hybridized carbons (Fsp3) is 0.333. The zero-order chi connectivity index (χ0) is 18.3. The van der Waals surface area contributed by atoms with Crippen LogP contribution < -0.4 is 0 Å². The predicted octanol–water partition coefficient (Wildman–Crippen LogP) is 4.20. The molecule has 0 aliphatic heterocycles. The third kappa shape index (κ3) is 3.05. The largest absolute Gasteiger partial charge is 0.253 e. The molecule has 0 fully saturated rings. The Morgan fingerprint density at radius 3 is 2.62 bits per heavy atom. The first kappa shape index (κ1) is 16.6. The smallest absolute Gasteiger partial charge is 0.162 e. The van der Waals surface area contributed by atoms with Gasteiger partial charge in [-0.2, -0.15) is 4.52 Å². The molecule has 0 aliphatic rings. The van der Waals surface area contributed by atoms with Crippen LogP contribution in [0.25, 0.3) is 16.6 Å². The quantitative estimate of drug-likeness (QED) is 0.556. The Labute approximate surface area is 153 Å². The molecule has 0 radical (unpaired) electrons. The van der Waals surface area contributed by atoms with Crippen molar-refractivity contribution in [2.24, 2.45) is 0 Å². The Hall–Kier alpha value is -2.82. The van der Waals surface area contributed by atoms with Crippen LogP contribution in [0, 0.1) is 13.8 Å². The maximum atomic E-state index is 4.81. The fourth-order valence-corrected chi connectivity index (χ4v) is 3.17. The number of aromatic nitrogens is 5. The van der Waals surface area contributed by atoms with Gasteiger partial charge in [-0.05, 0) is 49.9 Å². The van der Waals surface area contributed by atoms with E-state index in [9.17, 15) is 0 Å². The zero-order valence-corrected chi connectivity index (χ0v) is 15.7. The molecule has 0 saturated carbocycles. The van der Waals surface area contributed by atoms with Crippen molar-refractivity contribution >= 4 is 16.6 Å². The first-order chi connectivity index (χ1) is 12.5. The van der Waals surface area contributed by atoms with Crippen LogP contribution in [0.3, 0.4) is 0 Å². The zero-order valence-electron chi connectivity index (χ0n) is 15.7. The van der Waals surface area contributed by atoms with Gasteiger partial charge < -0.3 is 0 Å². The van der Waals surface area contributed by atoms with Crippen LogP contribution in [0.4, 0.5) is 0 Å². The number of fused-ring (bicyclic) bond motifs is 2. The number of hydrogen-bond donors (Lipinski definition) is 0. The normalized spacial score (nSPS) is 11.7. The van der Waals surface area contributed by atoms with Gasteiger partial charge in [0.05, 0.1) is 5.52 Å².